The van der Waals surface area contributed by atoms with E-state index in [-0.39, 0.29) is 35.5 Å². The molecule has 0 saturated heterocycles. The Labute approximate surface area is 91.7 Å². The molecule has 1 rings (SSSR count). The Kier molecular flexibility index (Phi) is 4.14. The number of hydrogen-bond acceptors (Lipinski definition) is 4. The number of aromatic nitrogens is 1. The number of methoxy groups -OCH3 is 1. The van der Waals surface area contributed by atoms with Crippen molar-refractivity contribution >= 4 is 0 Å². The number of rotatable bonds is 4. The first-order chi connectivity index (χ1) is 7.65. The highest BCUT2D eigenvalue weighted by atomic mass is 19.3. The van der Waals surface area contributed by atoms with Crippen LogP contribution in [0.2, 0.25) is 0 Å². The molecule has 2 N–H and O–H groups in total. The van der Waals surface area contributed by atoms with E-state index in [4.69, 9.17) is 15.7 Å². The van der Waals surface area contributed by atoms with Gasteiger partial charge < -0.3 is 10.5 Å². The van der Waals surface area contributed by atoms with E-state index in [2.05, 4.69) is 4.98 Å². The fourth-order valence-electron chi connectivity index (χ4n) is 1.45. The van der Waals surface area contributed by atoms with Crippen LogP contribution in [0.15, 0.2) is 6.20 Å². The van der Waals surface area contributed by atoms with Crippen molar-refractivity contribution in [1.29, 1.82) is 5.26 Å². The third kappa shape index (κ3) is 2.25. The smallest absolute Gasteiger partial charge is 0.264 e. The minimum absolute atomic E-state index is 0.0465. The Morgan fingerprint density at radius 1 is 1.62 bits per heavy atom. The zero-order chi connectivity index (χ0) is 12.1. The fraction of sp³-hybridized carbons (Fsp3) is 0.400. The number of alkyl halides is 2. The summed E-state index contributed by atoms with van der Waals surface area (Å²) < 4.78 is 30.6. The van der Waals surface area contributed by atoms with Gasteiger partial charge in [-0.1, -0.05) is 0 Å². The van der Waals surface area contributed by atoms with Crippen molar-refractivity contribution in [1.82, 2.24) is 4.98 Å². The van der Waals surface area contributed by atoms with E-state index in [9.17, 15) is 8.78 Å². The van der Waals surface area contributed by atoms with Gasteiger partial charge in [0.05, 0.1) is 19.6 Å². The van der Waals surface area contributed by atoms with E-state index < -0.39 is 6.43 Å². The van der Waals surface area contributed by atoms with Crippen LogP contribution in [0.3, 0.4) is 0 Å². The molecular formula is C10H11F2N3O. The SMILES string of the molecule is COc1ncc(CN)c(C(F)F)c1CC#N. The number of nitrogens with two attached hydrogens (primary N) is 1. The first kappa shape index (κ1) is 12.3. The van der Waals surface area contributed by atoms with Crippen molar-refractivity contribution in [2.24, 2.45) is 5.73 Å². The summed E-state index contributed by atoms with van der Waals surface area (Å²) in [5.74, 6) is 0.0500. The normalized spacial score (nSPS) is 10.2. The second-order valence-electron chi connectivity index (χ2n) is 3.02. The molecule has 0 fully saturated rings. The number of ether oxygens (including phenoxy) is 1. The highest BCUT2D eigenvalue weighted by Gasteiger charge is 2.21. The molecule has 86 valence electrons. The molecule has 0 bridgehead atoms. The van der Waals surface area contributed by atoms with Crippen molar-refractivity contribution in [3.8, 4) is 11.9 Å². The van der Waals surface area contributed by atoms with E-state index in [1.165, 1.54) is 13.3 Å². The predicted molar refractivity (Wildman–Crippen MR) is 53.0 cm³/mol. The van der Waals surface area contributed by atoms with Crippen LogP contribution in [0.25, 0.3) is 0 Å². The lowest BCUT2D eigenvalue weighted by atomic mass is 10.0. The predicted octanol–water partition coefficient (Wildman–Crippen LogP) is 1.55. The van der Waals surface area contributed by atoms with Crippen LogP contribution < -0.4 is 10.5 Å². The lowest BCUT2D eigenvalue weighted by Gasteiger charge is -2.13. The lowest BCUT2D eigenvalue weighted by molar-refractivity contribution is 0.148. The number of halogens is 2. The van der Waals surface area contributed by atoms with Gasteiger partial charge in [-0.25, -0.2) is 13.8 Å². The van der Waals surface area contributed by atoms with Crippen LogP contribution >= 0.6 is 0 Å². The molecule has 1 aromatic heterocycles. The second-order valence-corrected chi connectivity index (χ2v) is 3.02. The molecule has 0 atom stereocenters. The van der Waals surface area contributed by atoms with E-state index in [1.807, 2.05) is 6.07 Å². The van der Waals surface area contributed by atoms with Crippen molar-refractivity contribution in [2.45, 2.75) is 19.4 Å². The Hall–Kier alpha value is -1.74. The molecule has 0 aromatic carbocycles. The van der Waals surface area contributed by atoms with Crippen LogP contribution in [0.5, 0.6) is 5.88 Å². The summed E-state index contributed by atoms with van der Waals surface area (Å²) in [5, 5.41) is 8.60. The third-order valence-electron chi connectivity index (χ3n) is 2.15. The molecule has 0 radical (unpaired) electrons. The highest BCUT2D eigenvalue weighted by molar-refractivity contribution is 5.42. The van der Waals surface area contributed by atoms with Crippen molar-refractivity contribution in [3.63, 3.8) is 0 Å². The Balaban J connectivity index is 3.41. The second kappa shape index (κ2) is 5.37. The quantitative estimate of drug-likeness (QED) is 0.847. The van der Waals surface area contributed by atoms with E-state index in [0.29, 0.717) is 0 Å². The van der Waals surface area contributed by atoms with E-state index >= 15 is 0 Å². The van der Waals surface area contributed by atoms with Gasteiger partial charge in [0.1, 0.15) is 0 Å². The molecule has 1 aromatic rings. The van der Waals surface area contributed by atoms with Gasteiger partial charge >= 0.3 is 0 Å². The molecule has 0 spiro atoms. The molecule has 1 heterocycles. The number of pyridine rings is 1. The summed E-state index contributed by atoms with van der Waals surface area (Å²) >= 11 is 0. The van der Waals surface area contributed by atoms with Gasteiger partial charge in [-0.3, -0.25) is 0 Å². The maximum atomic E-state index is 12.9. The highest BCUT2D eigenvalue weighted by Crippen LogP contribution is 2.31. The van der Waals surface area contributed by atoms with Gasteiger partial charge in [-0.2, -0.15) is 5.26 Å². The van der Waals surface area contributed by atoms with Gasteiger partial charge in [-0.05, 0) is 5.56 Å². The maximum absolute atomic E-state index is 12.9. The Morgan fingerprint density at radius 2 is 2.31 bits per heavy atom. The molecule has 0 aliphatic heterocycles. The van der Waals surface area contributed by atoms with Gasteiger partial charge in [0.2, 0.25) is 5.88 Å². The average molecular weight is 227 g/mol. The van der Waals surface area contributed by atoms with Gasteiger partial charge in [-0.15, -0.1) is 0 Å². The molecule has 0 aliphatic carbocycles. The summed E-state index contributed by atoms with van der Waals surface area (Å²) in [6.45, 7) is -0.0465. The number of nitrogens with zero attached hydrogens (tertiary/aromatic N) is 2. The largest absolute Gasteiger partial charge is 0.481 e. The maximum Gasteiger partial charge on any atom is 0.264 e. The van der Waals surface area contributed by atoms with Gasteiger partial charge in [0, 0.05) is 23.9 Å². The zero-order valence-electron chi connectivity index (χ0n) is 8.70. The standard InChI is InChI=1S/C10H11F2N3O/c1-16-10-7(2-3-13)8(9(11)12)6(4-14)5-15-10/h5,9H,2,4,14H2,1H3. The van der Waals surface area contributed by atoms with Crippen LogP contribution in [0.4, 0.5) is 8.78 Å². The molecule has 0 aliphatic rings. The van der Waals surface area contributed by atoms with Gasteiger partial charge in [0.15, 0.2) is 0 Å². The topological polar surface area (TPSA) is 71.9 Å². The van der Waals surface area contributed by atoms with Gasteiger partial charge in [0.25, 0.3) is 6.43 Å². The summed E-state index contributed by atoms with van der Waals surface area (Å²) in [6.07, 6.45) is -1.62. The van der Waals surface area contributed by atoms with Crippen LogP contribution in [-0.4, -0.2) is 12.1 Å². The molecule has 0 saturated carbocycles. The Bertz CT molecular complexity index is 415. The summed E-state index contributed by atoms with van der Waals surface area (Å²) in [7, 11) is 1.32. The summed E-state index contributed by atoms with van der Waals surface area (Å²) in [5.41, 5.74) is 5.46. The van der Waals surface area contributed by atoms with Crippen molar-refractivity contribution in [2.75, 3.05) is 7.11 Å². The average Bonchev–Trinajstić information content (AvgIpc) is 2.28. The Morgan fingerprint density at radius 3 is 2.75 bits per heavy atom. The molecule has 0 unspecified atom stereocenters. The first-order valence-corrected chi connectivity index (χ1v) is 4.55. The zero-order valence-corrected chi connectivity index (χ0v) is 8.70. The van der Waals surface area contributed by atoms with E-state index in [1.54, 1.807) is 0 Å². The molecule has 16 heavy (non-hydrogen) atoms. The molecule has 0 amide bonds. The summed E-state index contributed by atoms with van der Waals surface area (Å²) in [6, 6.07) is 1.81. The van der Waals surface area contributed by atoms with Crippen LogP contribution in [-0.2, 0) is 13.0 Å². The first-order valence-electron chi connectivity index (χ1n) is 4.55. The third-order valence-corrected chi connectivity index (χ3v) is 2.15. The molecule has 4 nitrogen and oxygen atoms in total. The van der Waals surface area contributed by atoms with Crippen molar-refractivity contribution in [3.05, 3.63) is 22.9 Å². The molecule has 6 heteroatoms. The minimum atomic E-state index is -2.70. The van der Waals surface area contributed by atoms with Crippen LogP contribution in [0, 0.1) is 11.3 Å². The van der Waals surface area contributed by atoms with Crippen LogP contribution in [0.1, 0.15) is 23.1 Å². The fourth-order valence-corrected chi connectivity index (χ4v) is 1.45. The van der Waals surface area contributed by atoms with Crippen molar-refractivity contribution < 1.29 is 13.5 Å². The monoisotopic (exact) mass is 227 g/mol. The van der Waals surface area contributed by atoms with E-state index in [0.717, 1.165) is 0 Å². The minimum Gasteiger partial charge on any atom is -0.481 e. The molecular weight excluding hydrogens is 216 g/mol. The number of nitriles is 1. The summed E-state index contributed by atoms with van der Waals surface area (Å²) in [4.78, 5) is 3.84. The number of hydrogen-bond donors (Lipinski definition) is 1. The lowest BCUT2D eigenvalue weighted by Crippen LogP contribution is -2.08.